The highest BCUT2D eigenvalue weighted by molar-refractivity contribution is 6.05. The maximum atomic E-state index is 12.9. The number of hydrogen-bond donors (Lipinski definition) is 1. The summed E-state index contributed by atoms with van der Waals surface area (Å²) >= 11 is 0. The molecule has 0 aliphatic carbocycles. The SMILES string of the molecule is CCN(C(=O)c1cnc(Nc2ccccc2OC)nc1)c1cccc(C)c1. The third-order valence-corrected chi connectivity index (χ3v) is 4.13. The molecule has 1 heterocycles. The van der Waals surface area contributed by atoms with Gasteiger partial charge in [0, 0.05) is 24.6 Å². The van der Waals surface area contributed by atoms with E-state index in [1.807, 2.05) is 62.4 Å². The van der Waals surface area contributed by atoms with Crippen LogP contribution in [0.2, 0.25) is 0 Å². The van der Waals surface area contributed by atoms with Gasteiger partial charge in [0.15, 0.2) is 0 Å². The van der Waals surface area contributed by atoms with Gasteiger partial charge in [-0.2, -0.15) is 0 Å². The number of aromatic nitrogens is 2. The number of para-hydroxylation sites is 2. The van der Waals surface area contributed by atoms with Gasteiger partial charge >= 0.3 is 0 Å². The molecule has 2 aromatic carbocycles. The molecule has 0 saturated heterocycles. The Hall–Kier alpha value is -3.41. The number of nitrogens with one attached hydrogen (secondary N) is 1. The molecule has 1 N–H and O–H groups in total. The molecule has 0 spiro atoms. The van der Waals surface area contributed by atoms with E-state index in [1.165, 1.54) is 12.4 Å². The lowest BCUT2D eigenvalue weighted by molar-refractivity contribution is 0.0987. The van der Waals surface area contributed by atoms with Gasteiger partial charge in [-0.25, -0.2) is 9.97 Å². The molecule has 27 heavy (non-hydrogen) atoms. The average Bonchev–Trinajstić information content (AvgIpc) is 2.69. The van der Waals surface area contributed by atoms with Crippen molar-refractivity contribution in [2.45, 2.75) is 13.8 Å². The molecular formula is C21H22N4O2. The first-order valence-corrected chi connectivity index (χ1v) is 8.73. The fraction of sp³-hybridized carbons (Fsp3) is 0.190. The van der Waals surface area contributed by atoms with Crippen molar-refractivity contribution < 1.29 is 9.53 Å². The number of anilines is 3. The molecule has 6 nitrogen and oxygen atoms in total. The second-order valence-corrected chi connectivity index (χ2v) is 6.01. The molecule has 1 aromatic heterocycles. The number of nitrogens with zero attached hydrogens (tertiary/aromatic N) is 3. The summed E-state index contributed by atoms with van der Waals surface area (Å²) in [5.74, 6) is 0.958. The van der Waals surface area contributed by atoms with Gasteiger partial charge in [-0.1, -0.05) is 24.3 Å². The third kappa shape index (κ3) is 4.23. The molecule has 6 heteroatoms. The molecule has 0 bridgehead atoms. The summed E-state index contributed by atoms with van der Waals surface area (Å²) in [6.07, 6.45) is 3.07. The van der Waals surface area contributed by atoms with Gasteiger partial charge in [-0.3, -0.25) is 4.79 Å². The quantitative estimate of drug-likeness (QED) is 0.712. The van der Waals surface area contributed by atoms with Gasteiger partial charge < -0.3 is 15.0 Å². The molecular weight excluding hydrogens is 340 g/mol. The van der Waals surface area contributed by atoms with Crippen molar-refractivity contribution in [3.8, 4) is 5.75 Å². The van der Waals surface area contributed by atoms with Crippen molar-refractivity contribution in [2.75, 3.05) is 23.9 Å². The molecule has 0 saturated carbocycles. The van der Waals surface area contributed by atoms with Crippen LogP contribution in [-0.4, -0.2) is 29.5 Å². The van der Waals surface area contributed by atoms with E-state index in [-0.39, 0.29) is 5.91 Å². The number of amides is 1. The second-order valence-electron chi connectivity index (χ2n) is 6.01. The van der Waals surface area contributed by atoms with Crippen LogP contribution in [0.3, 0.4) is 0 Å². The summed E-state index contributed by atoms with van der Waals surface area (Å²) in [5, 5.41) is 3.10. The predicted octanol–water partition coefficient (Wildman–Crippen LogP) is 4.20. The first-order valence-electron chi connectivity index (χ1n) is 8.73. The summed E-state index contributed by atoms with van der Waals surface area (Å²) in [6, 6.07) is 15.4. The Balaban J connectivity index is 1.78. The number of ether oxygens (including phenoxy) is 1. The Labute approximate surface area is 158 Å². The average molecular weight is 362 g/mol. The minimum Gasteiger partial charge on any atom is -0.495 e. The lowest BCUT2D eigenvalue weighted by Gasteiger charge is -2.21. The van der Waals surface area contributed by atoms with Crippen LogP contribution in [0.4, 0.5) is 17.3 Å². The molecule has 0 aliphatic heterocycles. The van der Waals surface area contributed by atoms with Crippen LogP contribution in [-0.2, 0) is 0 Å². The monoisotopic (exact) mass is 362 g/mol. The van der Waals surface area contributed by atoms with E-state index in [0.717, 1.165) is 16.9 Å². The Morgan fingerprint density at radius 2 is 1.85 bits per heavy atom. The second kappa shape index (κ2) is 8.31. The van der Waals surface area contributed by atoms with E-state index >= 15 is 0 Å². The van der Waals surface area contributed by atoms with E-state index in [9.17, 15) is 4.79 Å². The number of benzene rings is 2. The van der Waals surface area contributed by atoms with E-state index in [2.05, 4.69) is 15.3 Å². The van der Waals surface area contributed by atoms with E-state index in [1.54, 1.807) is 12.0 Å². The summed E-state index contributed by atoms with van der Waals surface area (Å²) in [4.78, 5) is 23.1. The summed E-state index contributed by atoms with van der Waals surface area (Å²) < 4.78 is 5.31. The molecule has 1 amide bonds. The van der Waals surface area contributed by atoms with Crippen LogP contribution in [0.15, 0.2) is 60.9 Å². The highest BCUT2D eigenvalue weighted by Gasteiger charge is 2.17. The largest absolute Gasteiger partial charge is 0.495 e. The Bertz CT molecular complexity index is 925. The molecule has 0 radical (unpaired) electrons. The predicted molar refractivity (Wildman–Crippen MR) is 107 cm³/mol. The number of aryl methyl sites for hydroxylation is 1. The maximum absolute atomic E-state index is 12.9. The smallest absolute Gasteiger partial charge is 0.261 e. The molecule has 3 rings (SSSR count). The minimum atomic E-state index is -0.132. The van der Waals surface area contributed by atoms with Crippen LogP contribution in [0.5, 0.6) is 5.75 Å². The first kappa shape index (κ1) is 18.4. The standard InChI is InChI=1S/C21H22N4O2/c1-4-25(17-9-7-8-15(2)12-17)20(26)16-13-22-21(23-14-16)24-18-10-5-6-11-19(18)27-3/h5-14H,4H2,1-3H3,(H,22,23,24). The lowest BCUT2D eigenvalue weighted by atomic mass is 10.2. The van der Waals surface area contributed by atoms with Crippen LogP contribution >= 0.6 is 0 Å². The van der Waals surface area contributed by atoms with E-state index in [4.69, 9.17) is 4.74 Å². The number of carbonyl (C=O) groups is 1. The fourth-order valence-corrected chi connectivity index (χ4v) is 2.77. The highest BCUT2D eigenvalue weighted by Crippen LogP contribution is 2.25. The zero-order chi connectivity index (χ0) is 19.2. The topological polar surface area (TPSA) is 67.4 Å². The van der Waals surface area contributed by atoms with Crippen molar-refractivity contribution in [3.05, 3.63) is 72.1 Å². The van der Waals surface area contributed by atoms with Crippen LogP contribution < -0.4 is 15.0 Å². The molecule has 0 unspecified atom stereocenters. The van der Waals surface area contributed by atoms with Crippen LogP contribution in [0, 0.1) is 6.92 Å². The number of hydrogen-bond acceptors (Lipinski definition) is 5. The van der Waals surface area contributed by atoms with Crippen molar-refractivity contribution >= 4 is 23.2 Å². The van der Waals surface area contributed by atoms with Gasteiger partial charge in [0.1, 0.15) is 5.75 Å². The lowest BCUT2D eigenvalue weighted by Crippen LogP contribution is -2.30. The zero-order valence-electron chi connectivity index (χ0n) is 15.6. The molecule has 0 fully saturated rings. The molecule has 138 valence electrons. The fourth-order valence-electron chi connectivity index (χ4n) is 2.77. The van der Waals surface area contributed by atoms with Gasteiger partial charge in [0.05, 0.1) is 18.4 Å². The summed E-state index contributed by atoms with van der Waals surface area (Å²) in [5.41, 5.74) is 3.16. The zero-order valence-corrected chi connectivity index (χ0v) is 15.6. The summed E-state index contributed by atoms with van der Waals surface area (Å²) in [7, 11) is 1.60. The maximum Gasteiger partial charge on any atom is 0.261 e. The first-order chi connectivity index (χ1) is 13.1. The van der Waals surface area contributed by atoms with E-state index in [0.29, 0.717) is 23.8 Å². The normalized spacial score (nSPS) is 10.3. The van der Waals surface area contributed by atoms with Gasteiger partial charge in [-0.15, -0.1) is 0 Å². The third-order valence-electron chi connectivity index (χ3n) is 4.13. The highest BCUT2D eigenvalue weighted by atomic mass is 16.5. The Morgan fingerprint density at radius 3 is 2.52 bits per heavy atom. The number of methoxy groups -OCH3 is 1. The molecule has 0 atom stereocenters. The Kier molecular flexibility index (Phi) is 5.66. The van der Waals surface area contributed by atoms with Crippen molar-refractivity contribution in [3.63, 3.8) is 0 Å². The molecule has 0 aliphatic rings. The van der Waals surface area contributed by atoms with Crippen LogP contribution in [0.25, 0.3) is 0 Å². The van der Waals surface area contributed by atoms with Crippen molar-refractivity contribution in [1.29, 1.82) is 0 Å². The number of rotatable bonds is 6. The minimum absolute atomic E-state index is 0.132. The van der Waals surface area contributed by atoms with Gasteiger partial charge in [0.25, 0.3) is 5.91 Å². The number of carbonyl (C=O) groups excluding carboxylic acids is 1. The van der Waals surface area contributed by atoms with E-state index < -0.39 is 0 Å². The van der Waals surface area contributed by atoms with Gasteiger partial charge in [-0.05, 0) is 43.7 Å². The van der Waals surface area contributed by atoms with Gasteiger partial charge in [0.2, 0.25) is 5.95 Å². The van der Waals surface area contributed by atoms with Crippen molar-refractivity contribution in [1.82, 2.24) is 9.97 Å². The molecule has 3 aromatic rings. The summed E-state index contributed by atoms with van der Waals surface area (Å²) in [6.45, 7) is 4.51. The Morgan fingerprint density at radius 1 is 1.11 bits per heavy atom. The van der Waals surface area contributed by atoms with Crippen LogP contribution in [0.1, 0.15) is 22.8 Å². The van der Waals surface area contributed by atoms with Crippen molar-refractivity contribution in [2.24, 2.45) is 0 Å².